The van der Waals surface area contributed by atoms with Gasteiger partial charge in [-0.15, -0.1) is 0 Å². The highest BCUT2D eigenvalue weighted by Gasteiger charge is 2.70. The number of aliphatic hydroxyl groups excluding tert-OH is 3. The Labute approximate surface area is 311 Å². The summed E-state index contributed by atoms with van der Waals surface area (Å²) < 4.78 is 49.5. The third-order valence-corrected chi connectivity index (χ3v) is 8.96. The Kier molecular flexibility index (Phi) is 14.3. The van der Waals surface area contributed by atoms with Crippen LogP contribution in [0.15, 0.2) is 42.2 Å². The molecule has 3 aliphatic rings. The van der Waals surface area contributed by atoms with Gasteiger partial charge in [-0.25, -0.2) is 14.4 Å². The molecule has 0 aromatic heterocycles. The molecule has 1 aromatic rings. The summed E-state index contributed by atoms with van der Waals surface area (Å²) in [6.07, 6.45) is -8.96. The standard InChI is InChI=1S/C36H48O18/c1-6-46-33(43)51-25-15-23-21(18-49-35(5,53-27(40)14-19(3)4)31(23)36(25,45)54-34(44)47-7-2)17-48-32-30(29(42)28(41)24(16-37)50-32)52-26(39)13-10-20-8-11-22(38)12-9-20/h8-13,18-19,23-25,28-32,37-38,41-42,45H,6-7,14-17H2,1-5H3/b13-10-/t23?,24?,25-,28?,29?,30?,31?,32?,35-,36-/m0/s1. The Hall–Kier alpha value is -4.46. The fourth-order valence-electron chi connectivity index (χ4n) is 6.54. The molecule has 1 saturated heterocycles. The Balaban J connectivity index is 1.65. The summed E-state index contributed by atoms with van der Waals surface area (Å²) in [5.41, 5.74) is 0.744. The van der Waals surface area contributed by atoms with Gasteiger partial charge in [-0.05, 0) is 55.5 Å². The highest BCUT2D eigenvalue weighted by molar-refractivity contribution is 5.87. The number of hydrogen-bond donors (Lipinski definition) is 5. The van der Waals surface area contributed by atoms with Gasteiger partial charge in [0.05, 0.1) is 32.7 Å². The van der Waals surface area contributed by atoms with Crippen LogP contribution in [0.4, 0.5) is 9.59 Å². The van der Waals surface area contributed by atoms with Crippen LogP contribution in [0.25, 0.3) is 6.08 Å². The van der Waals surface area contributed by atoms with E-state index in [0.29, 0.717) is 5.56 Å². The van der Waals surface area contributed by atoms with Gasteiger partial charge < -0.3 is 68.2 Å². The van der Waals surface area contributed by atoms with Crippen molar-refractivity contribution in [3.05, 3.63) is 47.7 Å². The second-order valence-corrected chi connectivity index (χ2v) is 13.4. The Morgan fingerprint density at radius 3 is 2.28 bits per heavy atom. The van der Waals surface area contributed by atoms with E-state index in [1.165, 1.54) is 57.4 Å². The molecule has 300 valence electrons. The number of rotatable bonds is 14. The number of fused-ring (bicyclic) bond motifs is 1. The summed E-state index contributed by atoms with van der Waals surface area (Å²) in [6, 6.07) is 5.88. The fraction of sp³-hybridized carbons (Fsp3) is 0.611. The molecule has 1 aromatic carbocycles. The lowest BCUT2D eigenvalue weighted by molar-refractivity contribution is -0.321. The zero-order chi connectivity index (χ0) is 39.8. The minimum absolute atomic E-state index is 0.0158. The van der Waals surface area contributed by atoms with Crippen molar-refractivity contribution in [2.45, 2.75) is 95.8 Å². The van der Waals surface area contributed by atoms with E-state index >= 15 is 0 Å². The van der Waals surface area contributed by atoms with Crippen molar-refractivity contribution >= 4 is 30.3 Å². The number of ether oxygens (including phenoxy) is 9. The molecule has 1 aliphatic carbocycles. The molecule has 2 fully saturated rings. The molecule has 10 atom stereocenters. The molecule has 0 radical (unpaired) electrons. The van der Waals surface area contributed by atoms with E-state index in [4.69, 9.17) is 42.6 Å². The number of esters is 2. The van der Waals surface area contributed by atoms with Crippen molar-refractivity contribution in [2.24, 2.45) is 17.8 Å². The smallest absolute Gasteiger partial charge is 0.508 e. The van der Waals surface area contributed by atoms with E-state index in [1.807, 2.05) is 0 Å². The lowest BCUT2D eigenvalue weighted by Gasteiger charge is -2.46. The Bertz CT molecular complexity index is 1530. The minimum Gasteiger partial charge on any atom is -0.508 e. The molecule has 2 heterocycles. The van der Waals surface area contributed by atoms with E-state index in [-0.39, 0.29) is 43.3 Å². The predicted molar refractivity (Wildman–Crippen MR) is 180 cm³/mol. The van der Waals surface area contributed by atoms with Crippen LogP contribution in [0.2, 0.25) is 0 Å². The van der Waals surface area contributed by atoms with Crippen LogP contribution in [0.1, 0.15) is 53.0 Å². The quantitative estimate of drug-likeness (QED) is 0.0786. The predicted octanol–water partition coefficient (Wildman–Crippen LogP) is 2.03. The van der Waals surface area contributed by atoms with Crippen LogP contribution >= 0.6 is 0 Å². The summed E-state index contributed by atoms with van der Waals surface area (Å²) in [5, 5.41) is 53.0. The second-order valence-electron chi connectivity index (χ2n) is 13.4. The molecule has 4 rings (SSSR count). The van der Waals surface area contributed by atoms with E-state index in [9.17, 15) is 44.7 Å². The molecule has 1 saturated carbocycles. The van der Waals surface area contributed by atoms with E-state index < -0.39 is 97.7 Å². The second kappa shape index (κ2) is 18.2. The number of aliphatic hydroxyl groups is 4. The monoisotopic (exact) mass is 768 g/mol. The van der Waals surface area contributed by atoms with Gasteiger partial charge in [0.15, 0.2) is 18.5 Å². The molecule has 18 heteroatoms. The van der Waals surface area contributed by atoms with Gasteiger partial charge in [0.2, 0.25) is 0 Å². The first-order chi connectivity index (χ1) is 25.5. The van der Waals surface area contributed by atoms with Crippen LogP contribution in [0.5, 0.6) is 5.75 Å². The van der Waals surface area contributed by atoms with Crippen LogP contribution in [0.3, 0.4) is 0 Å². The number of carbonyl (C=O) groups is 4. The van der Waals surface area contributed by atoms with Gasteiger partial charge in [0.25, 0.3) is 11.6 Å². The summed E-state index contributed by atoms with van der Waals surface area (Å²) in [7, 11) is 0. The lowest BCUT2D eigenvalue weighted by atomic mass is 9.79. The average Bonchev–Trinajstić information content (AvgIpc) is 3.38. The summed E-state index contributed by atoms with van der Waals surface area (Å²) >= 11 is 0. The number of benzene rings is 1. The zero-order valence-corrected chi connectivity index (χ0v) is 30.5. The van der Waals surface area contributed by atoms with Gasteiger partial charge >= 0.3 is 24.2 Å². The molecule has 5 N–H and O–H groups in total. The number of aromatic hydroxyl groups is 1. The SMILES string of the molecule is CCOC(=O)O[C@H]1CC2C(COC3OC(CO)C(O)C(O)C3OC(=O)/C=C\c3ccc(O)cc3)=CO[C@@](C)(OC(=O)CC(C)C)C2[C@@]1(O)OC(=O)OCC. The van der Waals surface area contributed by atoms with Crippen molar-refractivity contribution in [3.8, 4) is 5.75 Å². The highest BCUT2D eigenvalue weighted by atomic mass is 16.8. The number of hydrogen-bond acceptors (Lipinski definition) is 18. The average molecular weight is 769 g/mol. The normalized spacial score (nSPS) is 31.9. The third kappa shape index (κ3) is 9.99. The maximum absolute atomic E-state index is 13.0. The molecule has 0 bridgehead atoms. The summed E-state index contributed by atoms with van der Waals surface area (Å²) in [5.74, 6) is -9.03. The molecule has 0 spiro atoms. The zero-order valence-electron chi connectivity index (χ0n) is 30.5. The molecule has 7 unspecified atom stereocenters. The summed E-state index contributed by atoms with van der Waals surface area (Å²) in [4.78, 5) is 51.1. The topological polar surface area (TPSA) is 252 Å². The van der Waals surface area contributed by atoms with E-state index in [0.717, 1.165) is 6.08 Å². The largest absolute Gasteiger partial charge is 0.510 e. The molecule has 2 aliphatic heterocycles. The van der Waals surface area contributed by atoms with Gasteiger partial charge in [0, 0.05) is 25.3 Å². The van der Waals surface area contributed by atoms with Gasteiger partial charge in [-0.2, -0.15) is 0 Å². The maximum atomic E-state index is 13.0. The van der Waals surface area contributed by atoms with Crippen molar-refractivity contribution in [1.82, 2.24) is 0 Å². The first kappa shape index (κ1) is 42.3. The van der Waals surface area contributed by atoms with Crippen LogP contribution < -0.4 is 0 Å². The Morgan fingerprint density at radius 1 is 0.981 bits per heavy atom. The van der Waals surface area contributed by atoms with Crippen molar-refractivity contribution in [3.63, 3.8) is 0 Å². The molecule has 0 amide bonds. The first-order valence-electron chi connectivity index (χ1n) is 17.5. The first-order valence-corrected chi connectivity index (χ1v) is 17.5. The van der Waals surface area contributed by atoms with Crippen molar-refractivity contribution < 1.29 is 87.3 Å². The van der Waals surface area contributed by atoms with Crippen LogP contribution in [0, 0.1) is 17.8 Å². The summed E-state index contributed by atoms with van der Waals surface area (Å²) in [6.45, 7) is 6.47. The lowest BCUT2D eigenvalue weighted by Crippen LogP contribution is -2.61. The van der Waals surface area contributed by atoms with Gasteiger partial charge in [-0.3, -0.25) is 4.79 Å². The van der Waals surface area contributed by atoms with Crippen molar-refractivity contribution in [2.75, 3.05) is 26.4 Å². The number of phenols is 1. The number of phenolic OH excluding ortho intramolecular Hbond substituents is 1. The van der Waals surface area contributed by atoms with Crippen LogP contribution in [-0.4, -0.2) is 125 Å². The maximum Gasteiger partial charge on any atom is 0.510 e. The Morgan fingerprint density at radius 2 is 1.65 bits per heavy atom. The van der Waals surface area contributed by atoms with Crippen molar-refractivity contribution in [1.29, 1.82) is 0 Å². The molecule has 18 nitrogen and oxygen atoms in total. The molecule has 54 heavy (non-hydrogen) atoms. The van der Waals surface area contributed by atoms with Crippen LogP contribution in [-0.2, 0) is 52.2 Å². The highest BCUT2D eigenvalue weighted by Crippen LogP contribution is 2.55. The van der Waals surface area contributed by atoms with E-state index in [2.05, 4.69) is 0 Å². The fourth-order valence-corrected chi connectivity index (χ4v) is 6.54. The third-order valence-electron chi connectivity index (χ3n) is 8.96. The van der Waals surface area contributed by atoms with Gasteiger partial charge in [0.1, 0.15) is 30.0 Å². The number of carbonyl (C=O) groups excluding carboxylic acids is 4. The van der Waals surface area contributed by atoms with E-state index in [1.54, 1.807) is 13.8 Å². The molecular weight excluding hydrogens is 720 g/mol. The minimum atomic E-state index is -2.73. The van der Waals surface area contributed by atoms with Gasteiger partial charge in [-0.1, -0.05) is 26.0 Å². The molecular formula is C36H48O18.